The molecule has 0 bridgehead atoms. The van der Waals surface area contributed by atoms with Crippen molar-refractivity contribution in [2.24, 2.45) is 7.05 Å². The number of ether oxygens (including phenoxy) is 1. The van der Waals surface area contributed by atoms with Crippen molar-refractivity contribution in [3.63, 3.8) is 0 Å². The minimum atomic E-state index is -0.0575. The standard InChI is InChI=1S/C21H25N3O3/c1-22-18(15-17-5-2-3-6-19(17)22)16-24(21(25)20-7-4-12-27-20)9-8-23-10-13-26-14-11-23/h2-7,12,15H,8-11,13-14,16H2,1H3/p+1. The first-order chi connectivity index (χ1) is 13.2. The molecule has 1 N–H and O–H groups in total. The quantitative estimate of drug-likeness (QED) is 0.714. The van der Waals surface area contributed by atoms with E-state index in [0.717, 1.165) is 38.5 Å². The normalized spacial score (nSPS) is 15.3. The van der Waals surface area contributed by atoms with Crippen LogP contribution >= 0.6 is 0 Å². The summed E-state index contributed by atoms with van der Waals surface area (Å²) in [5.41, 5.74) is 2.30. The van der Waals surface area contributed by atoms with Crippen LogP contribution in [0.1, 0.15) is 16.2 Å². The molecule has 0 unspecified atom stereocenters. The van der Waals surface area contributed by atoms with Gasteiger partial charge in [0.25, 0.3) is 5.91 Å². The Morgan fingerprint density at radius 3 is 2.74 bits per heavy atom. The second-order valence-corrected chi connectivity index (χ2v) is 7.07. The van der Waals surface area contributed by atoms with Gasteiger partial charge in [-0.2, -0.15) is 0 Å². The molecule has 0 aliphatic carbocycles. The van der Waals surface area contributed by atoms with Crippen molar-refractivity contribution in [3.05, 3.63) is 60.2 Å². The fourth-order valence-corrected chi connectivity index (χ4v) is 3.70. The average molecular weight is 368 g/mol. The number of para-hydroxylation sites is 1. The van der Waals surface area contributed by atoms with E-state index in [1.807, 2.05) is 17.0 Å². The summed E-state index contributed by atoms with van der Waals surface area (Å²) < 4.78 is 13.0. The van der Waals surface area contributed by atoms with Crippen molar-refractivity contribution >= 4 is 16.8 Å². The predicted octanol–water partition coefficient (Wildman–Crippen LogP) is 1.33. The van der Waals surface area contributed by atoms with E-state index in [2.05, 4.69) is 29.8 Å². The Morgan fingerprint density at radius 2 is 2.00 bits per heavy atom. The molecule has 0 radical (unpaired) electrons. The minimum absolute atomic E-state index is 0.0575. The van der Waals surface area contributed by atoms with Gasteiger partial charge in [0.2, 0.25) is 0 Å². The minimum Gasteiger partial charge on any atom is -0.459 e. The number of hydrogen-bond acceptors (Lipinski definition) is 3. The van der Waals surface area contributed by atoms with E-state index in [9.17, 15) is 4.79 Å². The third-order valence-corrected chi connectivity index (χ3v) is 5.36. The summed E-state index contributed by atoms with van der Waals surface area (Å²) in [6.07, 6.45) is 1.55. The number of aryl methyl sites for hydroxylation is 1. The summed E-state index contributed by atoms with van der Waals surface area (Å²) >= 11 is 0. The molecule has 1 aromatic carbocycles. The number of carbonyl (C=O) groups excluding carboxylic acids is 1. The van der Waals surface area contributed by atoms with Gasteiger partial charge in [0, 0.05) is 18.3 Å². The summed E-state index contributed by atoms with van der Waals surface area (Å²) in [5, 5.41) is 1.19. The molecule has 3 heterocycles. The van der Waals surface area contributed by atoms with Gasteiger partial charge in [-0.3, -0.25) is 4.79 Å². The summed E-state index contributed by atoms with van der Waals surface area (Å²) in [6.45, 7) is 5.76. The molecule has 0 saturated carbocycles. The monoisotopic (exact) mass is 368 g/mol. The smallest absolute Gasteiger partial charge is 0.290 e. The van der Waals surface area contributed by atoms with Crippen molar-refractivity contribution in [2.45, 2.75) is 6.54 Å². The molecule has 27 heavy (non-hydrogen) atoms. The first-order valence-electron chi connectivity index (χ1n) is 9.50. The van der Waals surface area contributed by atoms with Gasteiger partial charge in [-0.25, -0.2) is 0 Å². The van der Waals surface area contributed by atoms with E-state index >= 15 is 0 Å². The van der Waals surface area contributed by atoms with Crippen molar-refractivity contribution in [3.8, 4) is 0 Å². The first kappa shape index (κ1) is 17.8. The summed E-state index contributed by atoms with van der Waals surface area (Å²) in [4.78, 5) is 16.4. The Labute approximate surface area is 158 Å². The molecule has 142 valence electrons. The van der Waals surface area contributed by atoms with Crippen molar-refractivity contribution in [2.75, 3.05) is 39.4 Å². The maximum Gasteiger partial charge on any atom is 0.290 e. The highest BCUT2D eigenvalue weighted by Crippen LogP contribution is 2.20. The van der Waals surface area contributed by atoms with Gasteiger partial charge in [0.15, 0.2) is 5.76 Å². The highest BCUT2D eigenvalue weighted by Gasteiger charge is 2.23. The lowest BCUT2D eigenvalue weighted by atomic mass is 10.2. The molecular weight excluding hydrogens is 342 g/mol. The van der Waals surface area contributed by atoms with E-state index in [4.69, 9.17) is 9.15 Å². The van der Waals surface area contributed by atoms with Crippen LogP contribution in [0, 0.1) is 0 Å². The van der Waals surface area contributed by atoms with Crippen LogP contribution in [0.4, 0.5) is 0 Å². The fourth-order valence-electron chi connectivity index (χ4n) is 3.70. The van der Waals surface area contributed by atoms with Crippen LogP contribution < -0.4 is 4.90 Å². The summed E-state index contributed by atoms with van der Waals surface area (Å²) in [6, 6.07) is 14.0. The molecule has 4 rings (SSSR count). The number of hydrogen-bond donors (Lipinski definition) is 1. The van der Waals surface area contributed by atoms with Gasteiger partial charge in [0.05, 0.1) is 39.1 Å². The van der Waals surface area contributed by atoms with Crippen LogP contribution in [0.25, 0.3) is 10.9 Å². The molecular formula is C21H26N3O3+. The number of furan rings is 1. The second-order valence-electron chi connectivity index (χ2n) is 7.07. The molecule has 1 aliphatic heterocycles. The molecule has 1 fully saturated rings. The second kappa shape index (κ2) is 7.98. The van der Waals surface area contributed by atoms with Crippen LogP contribution in [-0.2, 0) is 18.3 Å². The Kier molecular flexibility index (Phi) is 5.27. The SMILES string of the molecule is Cn1c(CN(CC[NH+]2CCOCC2)C(=O)c2ccco2)cc2ccccc21. The topological polar surface area (TPSA) is 52.0 Å². The lowest BCUT2D eigenvalue weighted by molar-refractivity contribution is -0.907. The van der Waals surface area contributed by atoms with Gasteiger partial charge < -0.3 is 23.5 Å². The zero-order valence-electron chi connectivity index (χ0n) is 15.7. The number of morpholine rings is 1. The molecule has 1 amide bonds. The third kappa shape index (κ3) is 3.91. The highest BCUT2D eigenvalue weighted by molar-refractivity contribution is 5.91. The summed E-state index contributed by atoms with van der Waals surface area (Å²) in [7, 11) is 2.06. The number of nitrogens with one attached hydrogen (secondary N) is 1. The van der Waals surface area contributed by atoms with E-state index in [-0.39, 0.29) is 5.91 Å². The van der Waals surface area contributed by atoms with Crippen molar-refractivity contribution in [1.82, 2.24) is 9.47 Å². The number of nitrogens with zero attached hydrogens (tertiary/aromatic N) is 2. The van der Waals surface area contributed by atoms with E-state index in [0.29, 0.717) is 18.8 Å². The molecule has 2 aromatic heterocycles. The average Bonchev–Trinajstić information content (AvgIpc) is 3.35. The van der Waals surface area contributed by atoms with Crippen molar-refractivity contribution in [1.29, 1.82) is 0 Å². The number of fused-ring (bicyclic) bond motifs is 1. The molecule has 6 heteroatoms. The van der Waals surface area contributed by atoms with E-state index < -0.39 is 0 Å². The van der Waals surface area contributed by atoms with Crippen LogP contribution in [0.5, 0.6) is 0 Å². The lowest BCUT2D eigenvalue weighted by Gasteiger charge is -2.27. The highest BCUT2D eigenvalue weighted by atomic mass is 16.5. The Balaban J connectivity index is 1.54. The molecule has 3 aromatic rings. The zero-order valence-corrected chi connectivity index (χ0v) is 15.7. The van der Waals surface area contributed by atoms with Crippen LogP contribution in [-0.4, -0.2) is 54.8 Å². The number of benzene rings is 1. The largest absolute Gasteiger partial charge is 0.459 e. The lowest BCUT2D eigenvalue weighted by Crippen LogP contribution is -3.14. The van der Waals surface area contributed by atoms with Gasteiger partial charge in [-0.05, 0) is 29.7 Å². The third-order valence-electron chi connectivity index (χ3n) is 5.36. The first-order valence-corrected chi connectivity index (χ1v) is 9.50. The number of quaternary nitrogens is 1. The Bertz CT molecular complexity index is 895. The molecule has 0 spiro atoms. The van der Waals surface area contributed by atoms with E-state index in [1.54, 1.807) is 18.4 Å². The maximum absolute atomic E-state index is 13.0. The van der Waals surface area contributed by atoms with Crippen LogP contribution in [0.3, 0.4) is 0 Å². The predicted molar refractivity (Wildman–Crippen MR) is 103 cm³/mol. The molecule has 1 aliphatic rings. The van der Waals surface area contributed by atoms with Gasteiger partial charge in [0.1, 0.15) is 13.1 Å². The molecule has 6 nitrogen and oxygen atoms in total. The van der Waals surface area contributed by atoms with Crippen LogP contribution in [0.15, 0.2) is 53.1 Å². The number of rotatable bonds is 6. The molecule has 0 atom stereocenters. The van der Waals surface area contributed by atoms with Crippen molar-refractivity contribution < 1.29 is 18.8 Å². The fraction of sp³-hybridized carbons (Fsp3) is 0.381. The maximum atomic E-state index is 13.0. The number of carbonyl (C=O) groups is 1. The van der Waals surface area contributed by atoms with Crippen LogP contribution in [0.2, 0.25) is 0 Å². The molecule has 1 saturated heterocycles. The summed E-state index contributed by atoms with van der Waals surface area (Å²) in [5.74, 6) is 0.337. The van der Waals surface area contributed by atoms with Gasteiger partial charge in [-0.1, -0.05) is 18.2 Å². The number of amides is 1. The Morgan fingerprint density at radius 1 is 1.19 bits per heavy atom. The Hall–Kier alpha value is -2.57. The number of aromatic nitrogens is 1. The zero-order chi connectivity index (χ0) is 18.6. The van der Waals surface area contributed by atoms with E-state index in [1.165, 1.54) is 15.8 Å². The van der Waals surface area contributed by atoms with Gasteiger partial charge in [-0.15, -0.1) is 0 Å². The van der Waals surface area contributed by atoms with Gasteiger partial charge >= 0.3 is 0 Å².